The first-order valence-electron chi connectivity index (χ1n) is 16.5. The summed E-state index contributed by atoms with van der Waals surface area (Å²) < 4.78 is 10.9. The van der Waals surface area contributed by atoms with Gasteiger partial charge in [-0.25, -0.2) is 4.79 Å². The highest BCUT2D eigenvalue weighted by Crippen LogP contribution is 2.26. The van der Waals surface area contributed by atoms with Crippen molar-refractivity contribution in [1.82, 2.24) is 15.5 Å². The van der Waals surface area contributed by atoms with Crippen LogP contribution in [0.15, 0.2) is 18.2 Å². The smallest absolute Gasteiger partial charge is 0.412 e. The SMILES string of the molecule is CCCCCCCCCCCCCCCCCCNC(=O)Oc1cc(OC)ccc1CCC(=O)NCCCN(C)C. The molecule has 7 nitrogen and oxygen atoms in total. The summed E-state index contributed by atoms with van der Waals surface area (Å²) in [5.74, 6) is 1.05. The molecule has 0 saturated carbocycles. The molecular formula is C34H61N3O4. The maximum Gasteiger partial charge on any atom is 0.412 e. The molecule has 1 aromatic carbocycles. The lowest BCUT2D eigenvalue weighted by Crippen LogP contribution is -2.28. The fourth-order valence-corrected chi connectivity index (χ4v) is 4.92. The van der Waals surface area contributed by atoms with E-state index in [2.05, 4.69) is 22.5 Å². The maximum absolute atomic E-state index is 12.4. The molecule has 7 heteroatoms. The summed E-state index contributed by atoms with van der Waals surface area (Å²) in [5, 5.41) is 5.82. The van der Waals surface area contributed by atoms with Crippen LogP contribution in [0.5, 0.6) is 11.5 Å². The van der Waals surface area contributed by atoms with Crippen molar-refractivity contribution in [1.29, 1.82) is 0 Å². The molecule has 0 saturated heterocycles. The summed E-state index contributed by atoms with van der Waals surface area (Å²) in [6.07, 6.45) is 22.5. The molecule has 0 spiro atoms. The van der Waals surface area contributed by atoms with Crippen molar-refractivity contribution < 1.29 is 19.1 Å². The monoisotopic (exact) mass is 575 g/mol. The van der Waals surface area contributed by atoms with Crippen molar-refractivity contribution in [2.45, 2.75) is 129 Å². The second-order valence-electron chi connectivity index (χ2n) is 11.6. The van der Waals surface area contributed by atoms with Crippen molar-refractivity contribution in [2.24, 2.45) is 0 Å². The number of benzene rings is 1. The Morgan fingerprint density at radius 1 is 0.732 bits per heavy atom. The number of carbonyl (C=O) groups excluding carboxylic acids is 2. The van der Waals surface area contributed by atoms with E-state index in [4.69, 9.17) is 9.47 Å². The molecule has 0 heterocycles. The van der Waals surface area contributed by atoms with Gasteiger partial charge in [-0.1, -0.05) is 109 Å². The van der Waals surface area contributed by atoms with E-state index in [0.29, 0.717) is 37.4 Å². The van der Waals surface area contributed by atoms with Gasteiger partial charge < -0.3 is 25.0 Å². The predicted molar refractivity (Wildman–Crippen MR) is 171 cm³/mol. The number of hydrogen-bond acceptors (Lipinski definition) is 5. The zero-order valence-corrected chi connectivity index (χ0v) is 26.9. The van der Waals surface area contributed by atoms with Gasteiger partial charge in [0.15, 0.2) is 0 Å². The Balaban J connectivity index is 2.14. The van der Waals surface area contributed by atoms with Crippen LogP contribution < -0.4 is 20.1 Å². The Morgan fingerprint density at radius 2 is 1.27 bits per heavy atom. The van der Waals surface area contributed by atoms with Crippen LogP contribution in [0.3, 0.4) is 0 Å². The number of hydrogen-bond donors (Lipinski definition) is 2. The summed E-state index contributed by atoms with van der Waals surface area (Å²) in [4.78, 5) is 26.8. The molecule has 0 aliphatic rings. The molecule has 0 bridgehead atoms. The Morgan fingerprint density at radius 3 is 1.80 bits per heavy atom. The fraction of sp³-hybridized carbons (Fsp3) is 0.765. The van der Waals surface area contributed by atoms with Gasteiger partial charge in [0.2, 0.25) is 5.91 Å². The topological polar surface area (TPSA) is 79.9 Å². The summed E-state index contributed by atoms with van der Waals surface area (Å²) >= 11 is 0. The molecule has 41 heavy (non-hydrogen) atoms. The molecule has 0 atom stereocenters. The summed E-state index contributed by atoms with van der Waals surface area (Å²) in [5.41, 5.74) is 0.812. The average Bonchev–Trinajstić information content (AvgIpc) is 2.96. The number of amides is 2. The van der Waals surface area contributed by atoms with Crippen LogP contribution in [0.25, 0.3) is 0 Å². The van der Waals surface area contributed by atoms with Gasteiger partial charge in [-0.05, 0) is 51.5 Å². The van der Waals surface area contributed by atoms with E-state index in [0.717, 1.165) is 31.4 Å². The molecule has 2 amide bonds. The lowest BCUT2D eigenvalue weighted by molar-refractivity contribution is -0.121. The minimum atomic E-state index is -0.464. The van der Waals surface area contributed by atoms with Gasteiger partial charge in [0.05, 0.1) is 7.11 Å². The summed E-state index contributed by atoms with van der Waals surface area (Å²) in [7, 11) is 5.62. The van der Waals surface area contributed by atoms with Crippen molar-refractivity contribution in [3.63, 3.8) is 0 Å². The average molecular weight is 576 g/mol. The van der Waals surface area contributed by atoms with Gasteiger partial charge in [-0.2, -0.15) is 0 Å². The number of rotatable bonds is 26. The van der Waals surface area contributed by atoms with Crippen LogP contribution in [0.2, 0.25) is 0 Å². The molecule has 2 N–H and O–H groups in total. The summed E-state index contributed by atoms with van der Waals surface area (Å²) in [6, 6.07) is 5.39. The maximum atomic E-state index is 12.4. The number of carbonyl (C=O) groups is 2. The minimum absolute atomic E-state index is 0.00141. The quantitative estimate of drug-likeness (QED) is 0.109. The minimum Gasteiger partial charge on any atom is -0.497 e. The van der Waals surface area contributed by atoms with E-state index in [9.17, 15) is 9.59 Å². The van der Waals surface area contributed by atoms with Crippen molar-refractivity contribution >= 4 is 12.0 Å². The number of nitrogens with one attached hydrogen (secondary N) is 2. The van der Waals surface area contributed by atoms with Crippen LogP contribution in [-0.4, -0.2) is 57.7 Å². The van der Waals surface area contributed by atoms with E-state index in [1.54, 1.807) is 13.2 Å². The largest absolute Gasteiger partial charge is 0.497 e. The normalized spacial score (nSPS) is 11.0. The van der Waals surface area contributed by atoms with E-state index in [-0.39, 0.29) is 5.91 Å². The highest BCUT2D eigenvalue weighted by Gasteiger charge is 2.12. The predicted octanol–water partition coefficient (Wildman–Crippen LogP) is 8.05. The van der Waals surface area contributed by atoms with E-state index < -0.39 is 6.09 Å². The molecule has 1 aromatic rings. The zero-order valence-electron chi connectivity index (χ0n) is 26.9. The van der Waals surface area contributed by atoms with Crippen molar-refractivity contribution in [3.05, 3.63) is 23.8 Å². The van der Waals surface area contributed by atoms with Gasteiger partial charge in [0.1, 0.15) is 11.5 Å². The van der Waals surface area contributed by atoms with Crippen LogP contribution in [0, 0.1) is 0 Å². The second kappa shape index (κ2) is 25.4. The third-order valence-electron chi connectivity index (χ3n) is 7.50. The number of aryl methyl sites for hydroxylation is 1. The molecule has 0 unspecified atom stereocenters. The van der Waals surface area contributed by atoms with Crippen molar-refractivity contribution in [2.75, 3.05) is 40.8 Å². The molecule has 0 radical (unpaired) electrons. The molecule has 0 aromatic heterocycles. The first kappa shape index (κ1) is 36.7. The van der Waals surface area contributed by atoms with E-state index >= 15 is 0 Å². The first-order chi connectivity index (χ1) is 20.0. The Labute approximate surface area is 251 Å². The Hall–Kier alpha value is -2.28. The zero-order chi connectivity index (χ0) is 30.0. The highest BCUT2D eigenvalue weighted by molar-refractivity contribution is 5.76. The molecule has 1 rings (SSSR count). The third-order valence-corrected chi connectivity index (χ3v) is 7.50. The van der Waals surface area contributed by atoms with Crippen LogP contribution in [0.4, 0.5) is 4.79 Å². The second-order valence-corrected chi connectivity index (χ2v) is 11.6. The van der Waals surface area contributed by atoms with Crippen LogP contribution in [0.1, 0.15) is 128 Å². The van der Waals surface area contributed by atoms with Crippen molar-refractivity contribution in [3.8, 4) is 11.5 Å². The van der Waals surface area contributed by atoms with E-state index in [1.165, 1.54) is 89.9 Å². The Bertz CT molecular complexity index is 800. The highest BCUT2D eigenvalue weighted by atomic mass is 16.6. The van der Waals surface area contributed by atoms with Gasteiger partial charge in [0, 0.05) is 25.6 Å². The lowest BCUT2D eigenvalue weighted by atomic mass is 10.0. The molecule has 0 aliphatic carbocycles. The van der Waals surface area contributed by atoms with Crippen LogP contribution >= 0.6 is 0 Å². The van der Waals surface area contributed by atoms with Gasteiger partial charge in [-0.3, -0.25) is 4.79 Å². The Kier molecular flexibility index (Phi) is 22.8. The summed E-state index contributed by atoms with van der Waals surface area (Å²) in [6.45, 7) is 4.47. The first-order valence-corrected chi connectivity index (χ1v) is 16.5. The van der Waals surface area contributed by atoms with Gasteiger partial charge in [0.25, 0.3) is 0 Å². The lowest BCUT2D eigenvalue weighted by Gasteiger charge is -2.13. The molecule has 0 fully saturated rings. The third kappa shape index (κ3) is 21.1. The van der Waals surface area contributed by atoms with Crippen LogP contribution in [-0.2, 0) is 11.2 Å². The standard InChI is InChI=1S/C34H61N3O4/c1-5-6-7-8-9-10-11-12-13-14-15-16-17-18-19-20-26-36-34(39)41-32-29-31(40-4)24-22-30(32)23-25-33(38)35-27-21-28-37(2)3/h22,24,29H,5-21,23,25-28H2,1-4H3,(H,35,38)(H,36,39). The van der Waals surface area contributed by atoms with E-state index in [1.807, 2.05) is 26.2 Å². The number of unbranched alkanes of at least 4 members (excludes halogenated alkanes) is 15. The number of nitrogens with zero attached hydrogens (tertiary/aromatic N) is 1. The van der Waals surface area contributed by atoms with Gasteiger partial charge in [-0.15, -0.1) is 0 Å². The number of methoxy groups -OCH3 is 1. The van der Waals surface area contributed by atoms with Gasteiger partial charge >= 0.3 is 6.09 Å². The molecule has 0 aliphatic heterocycles. The number of ether oxygens (including phenoxy) is 2. The fourth-order valence-electron chi connectivity index (χ4n) is 4.92. The molecule has 236 valence electrons. The molecular weight excluding hydrogens is 514 g/mol.